The van der Waals surface area contributed by atoms with E-state index in [1.807, 2.05) is 33.8 Å². The first-order valence-electron chi connectivity index (χ1n) is 7.47. The van der Waals surface area contributed by atoms with Crippen molar-refractivity contribution in [3.8, 4) is 0 Å². The lowest BCUT2D eigenvalue weighted by atomic mass is 9.85. The molecule has 0 fully saturated rings. The Kier molecular flexibility index (Phi) is 12.8. The largest absolute Gasteiger partial charge is 0.327 e. The molecule has 0 aromatic heterocycles. The molecule has 0 saturated carbocycles. The van der Waals surface area contributed by atoms with Crippen molar-refractivity contribution in [1.29, 1.82) is 0 Å². The fourth-order valence-corrected chi connectivity index (χ4v) is 1.55. The summed E-state index contributed by atoms with van der Waals surface area (Å²) in [4.78, 5) is 0. The van der Waals surface area contributed by atoms with Gasteiger partial charge >= 0.3 is 0 Å². The van der Waals surface area contributed by atoms with Crippen LogP contribution in [0.3, 0.4) is 0 Å². The summed E-state index contributed by atoms with van der Waals surface area (Å²) in [6.07, 6.45) is 3.24. The molecule has 19 heavy (non-hydrogen) atoms. The topological polar surface area (TPSA) is 26.0 Å². The van der Waals surface area contributed by atoms with Crippen LogP contribution in [0.2, 0.25) is 0 Å². The van der Waals surface area contributed by atoms with E-state index in [0.717, 1.165) is 6.42 Å². The predicted octanol–water partition coefficient (Wildman–Crippen LogP) is 5.21. The molecule has 0 aliphatic rings. The van der Waals surface area contributed by atoms with Crippen LogP contribution in [-0.2, 0) is 6.42 Å². The Balaban J connectivity index is 0. The minimum Gasteiger partial charge on any atom is -0.327 e. The van der Waals surface area contributed by atoms with E-state index >= 15 is 0 Å². The lowest BCUT2D eigenvalue weighted by Gasteiger charge is -2.21. The highest BCUT2D eigenvalue weighted by atomic mass is 14.5. The molecule has 1 nitrogen and oxygen atoms in total. The van der Waals surface area contributed by atoms with E-state index in [9.17, 15) is 0 Å². The molecule has 1 heteroatoms. The summed E-state index contributed by atoms with van der Waals surface area (Å²) < 4.78 is 0. The first-order valence-corrected chi connectivity index (χ1v) is 7.47. The lowest BCUT2D eigenvalue weighted by molar-refractivity contribution is 0.493. The zero-order valence-electron chi connectivity index (χ0n) is 14.0. The van der Waals surface area contributed by atoms with Crippen LogP contribution in [0.4, 0.5) is 0 Å². The van der Waals surface area contributed by atoms with Gasteiger partial charge in [0.25, 0.3) is 0 Å². The van der Waals surface area contributed by atoms with Crippen molar-refractivity contribution in [3.05, 3.63) is 47.5 Å². The molecule has 0 aliphatic heterocycles. The van der Waals surface area contributed by atoms with E-state index in [1.54, 1.807) is 0 Å². The van der Waals surface area contributed by atoms with Gasteiger partial charge in [-0.25, -0.2) is 0 Å². The van der Waals surface area contributed by atoms with Gasteiger partial charge in [0.05, 0.1) is 0 Å². The average Bonchev–Trinajstić information content (AvgIpc) is 2.43. The summed E-state index contributed by atoms with van der Waals surface area (Å²) in [5.74, 6) is 0. The molecule has 1 aromatic rings. The summed E-state index contributed by atoms with van der Waals surface area (Å²) in [5.41, 5.74) is 8.60. The minimum atomic E-state index is 0.184. The third-order valence-electron chi connectivity index (χ3n) is 2.61. The van der Waals surface area contributed by atoms with Gasteiger partial charge in [-0.05, 0) is 17.4 Å². The monoisotopic (exact) mass is 263 g/mol. The van der Waals surface area contributed by atoms with Gasteiger partial charge in [0.2, 0.25) is 0 Å². The van der Waals surface area contributed by atoms with Gasteiger partial charge in [-0.3, -0.25) is 0 Å². The van der Waals surface area contributed by atoms with Crippen LogP contribution in [0.25, 0.3) is 0 Å². The fourth-order valence-electron chi connectivity index (χ4n) is 1.55. The van der Waals surface area contributed by atoms with Crippen molar-refractivity contribution in [2.75, 3.05) is 6.54 Å². The Morgan fingerprint density at radius 2 is 1.47 bits per heavy atom. The molecular formula is C18H33N. The molecule has 0 spiro atoms. The van der Waals surface area contributed by atoms with E-state index in [-0.39, 0.29) is 5.41 Å². The van der Waals surface area contributed by atoms with Crippen LogP contribution in [0.5, 0.6) is 0 Å². The molecule has 0 aliphatic carbocycles. The summed E-state index contributed by atoms with van der Waals surface area (Å²) in [5, 5.41) is 0. The Hall–Kier alpha value is -1.08. The van der Waals surface area contributed by atoms with Crippen LogP contribution in [-0.4, -0.2) is 6.54 Å². The van der Waals surface area contributed by atoms with Gasteiger partial charge in [-0.2, -0.15) is 0 Å². The van der Waals surface area contributed by atoms with Gasteiger partial charge in [-0.15, -0.1) is 0 Å². The summed E-state index contributed by atoms with van der Waals surface area (Å²) >= 11 is 0. The van der Waals surface area contributed by atoms with Crippen LogP contribution in [0, 0.1) is 5.41 Å². The zero-order chi connectivity index (χ0) is 15.3. The maximum absolute atomic E-state index is 5.75. The molecule has 1 aromatic carbocycles. The SMILES string of the molecule is CC.CC.CC(C)(C)/C(=C/Cc1ccccc1)CN. The quantitative estimate of drug-likeness (QED) is 0.744. The highest BCUT2D eigenvalue weighted by Gasteiger charge is 2.14. The molecule has 0 unspecified atom stereocenters. The number of rotatable bonds is 3. The van der Waals surface area contributed by atoms with Crippen LogP contribution >= 0.6 is 0 Å². The summed E-state index contributed by atoms with van der Waals surface area (Å²) in [7, 11) is 0. The second-order valence-electron chi connectivity index (χ2n) is 4.87. The Bertz CT molecular complexity index is 317. The molecule has 0 amide bonds. The summed E-state index contributed by atoms with van der Waals surface area (Å²) in [6, 6.07) is 10.5. The number of nitrogens with two attached hydrogens (primary N) is 1. The lowest BCUT2D eigenvalue weighted by Crippen LogP contribution is -2.18. The smallest absolute Gasteiger partial charge is 0.0142 e. The van der Waals surface area contributed by atoms with Crippen LogP contribution < -0.4 is 5.73 Å². The van der Waals surface area contributed by atoms with Crippen molar-refractivity contribution >= 4 is 0 Å². The number of allylic oxidation sites excluding steroid dienone is 1. The van der Waals surface area contributed by atoms with Crippen molar-refractivity contribution in [1.82, 2.24) is 0 Å². The maximum atomic E-state index is 5.75. The Labute approximate surface area is 120 Å². The van der Waals surface area contributed by atoms with Gasteiger partial charge < -0.3 is 5.73 Å². The Morgan fingerprint density at radius 3 is 1.84 bits per heavy atom. The molecule has 0 saturated heterocycles. The van der Waals surface area contributed by atoms with Crippen LogP contribution in [0.1, 0.15) is 54.0 Å². The van der Waals surface area contributed by atoms with Gasteiger partial charge in [0, 0.05) is 6.54 Å². The fraction of sp³-hybridized carbons (Fsp3) is 0.556. The number of hydrogen-bond acceptors (Lipinski definition) is 1. The van der Waals surface area contributed by atoms with E-state index in [4.69, 9.17) is 5.73 Å². The molecule has 0 bridgehead atoms. The van der Waals surface area contributed by atoms with E-state index in [0.29, 0.717) is 6.54 Å². The standard InChI is InChI=1S/C14H21N.2C2H6/c1-14(2,3)13(11-15)10-9-12-7-5-4-6-8-12;2*1-2/h4-8,10H,9,11,15H2,1-3H3;2*1-2H3/b13-10+;;. The van der Waals surface area contributed by atoms with E-state index in [1.165, 1.54) is 11.1 Å². The molecule has 110 valence electrons. The Morgan fingerprint density at radius 1 is 1.00 bits per heavy atom. The molecular weight excluding hydrogens is 230 g/mol. The molecule has 0 radical (unpaired) electrons. The first kappa shape index (κ1) is 20.2. The normalized spacial score (nSPS) is 10.8. The molecule has 1 rings (SSSR count). The molecule has 2 N–H and O–H groups in total. The van der Waals surface area contributed by atoms with Crippen molar-refractivity contribution < 1.29 is 0 Å². The second-order valence-corrected chi connectivity index (χ2v) is 4.87. The number of hydrogen-bond donors (Lipinski definition) is 1. The van der Waals surface area contributed by atoms with E-state index < -0.39 is 0 Å². The highest BCUT2D eigenvalue weighted by Crippen LogP contribution is 2.24. The third-order valence-corrected chi connectivity index (χ3v) is 2.61. The highest BCUT2D eigenvalue weighted by molar-refractivity contribution is 5.21. The number of benzene rings is 1. The average molecular weight is 263 g/mol. The first-order chi connectivity index (χ1) is 9.04. The van der Waals surface area contributed by atoms with Gasteiger partial charge in [0.15, 0.2) is 0 Å². The molecule has 0 heterocycles. The van der Waals surface area contributed by atoms with E-state index in [2.05, 4.69) is 51.1 Å². The maximum Gasteiger partial charge on any atom is 0.0142 e. The minimum absolute atomic E-state index is 0.184. The second kappa shape index (κ2) is 12.0. The zero-order valence-corrected chi connectivity index (χ0v) is 14.0. The van der Waals surface area contributed by atoms with Gasteiger partial charge in [-0.1, -0.05) is 90.4 Å². The predicted molar refractivity (Wildman–Crippen MR) is 89.4 cm³/mol. The summed E-state index contributed by atoms with van der Waals surface area (Å²) in [6.45, 7) is 15.3. The molecule has 0 atom stereocenters. The van der Waals surface area contributed by atoms with Gasteiger partial charge in [0.1, 0.15) is 0 Å². The van der Waals surface area contributed by atoms with Crippen molar-refractivity contribution in [2.45, 2.75) is 54.9 Å². The van der Waals surface area contributed by atoms with Crippen LogP contribution in [0.15, 0.2) is 42.0 Å². The van der Waals surface area contributed by atoms with Crippen molar-refractivity contribution in [3.63, 3.8) is 0 Å². The van der Waals surface area contributed by atoms with Crippen molar-refractivity contribution in [2.24, 2.45) is 11.1 Å². The third kappa shape index (κ3) is 9.49.